The summed E-state index contributed by atoms with van der Waals surface area (Å²) in [4.78, 5) is 18.1. The third-order valence-electron chi connectivity index (χ3n) is 4.01. The maximum absolute atomic E-state index is 13.0. The number of rotatable bonds is 3. The molecule has 0 saturated carbocycles. The molecule has 1 fully saturated rings. The molecule has 0 spiro atoms. The number of pyridine rings is 1. The van der Waals surface area contributed by atoms with Crippen molar-refractivity contribution in [3.8, 4) is 0 Å². The smallest absolute Gasteiger partial charge is 0.370 e. The Morgan fingerprint density at radius 2 is 1.88 bits per heavy atom. The average molecular weight is 370 g/mol. The number of halogens is 4. The second kappa shape index (κ2) is 6.92. The zero-order chi connectivity index (χ0) is 18.0. The molecule has 1 amide bonds. The maximum atomic E-state index is 13.0. The minimum Gasteiger partial charge on any atom is -0.370 e. The molecule has 0 unspecified atom stereocenters. The molecule has 1 N–H and O–H groups in total. The lowest BCUT2D eigenvalue weighted by atomic mass is 10.1. The lowest BCUT2D eigenvalue weighted by molar-refractivity contribution is -0.137. The highest BCUT2D eigenvalue weighted by Crippen LogP contribution is 2.36. The molecule has 8 heteroatoms. The molecule has 25 heavy (non-hydrogen) atoms. The normalized spacial score (nSPS) is 14.6. The number of anilines is 2. The first-order chi connectivity index (χ1) is 11.8. The molecular weight excluding hydrogens is 355 g/mol. The fraction of sp³-hybridized carbons (Fsp3) is 0.294. The fourth-order valence-corrected chi connectivity index (χ4v) is 2.96. The van der Waals surface area contributed by atoms with Crippen molar-refractivity contribution in [2.45, 2.75) is 19.0 Å². The lowest BCUT2D eigenvalue weighted by Crippen LogP contribution is -2.22. The predicted octanol–water partition coefficient (Wildman–Crippen LogP) is 4.61. The average Bonchev–Trinajstić information content (AvgIpc) is 3.08. The number of benzene rings is 1. The number of hydrogen-bond acceptors (Lipinski definition) is 3. The summed E-state index contributed by atoms with van der Waals surface area (Å²) in [6, 6.07) is 6.22. The van der Waals surface area contributed by atoms with Crippen LogP contribution in [0.25, 0.3) is 0 Å². The van der Waals surface area contributed by atoms with E-state index in [0.717, 1.165) is 38.1 Å². The molecule has 1 aliphatic heterocycles. The molecule has 4 nitrogen and oxygen atoms in total. The fourth-order valence-electron chi connectivity index (χ4n) is 2.78. The first-order valence-corrected chi connectivity index (χ1v) is 8.11. The number of nitrogens with zero attached hydrogens (tertiary/aromatic N) is 2. The molecule has 1 saturated heterocycles. The van der Waals surface area contributed by atoms with E-state index in [4.69, 9.17) is 11.6 Å². The molecule has 0 atom stereocenters. The Labute approximate surface area is 147 Å². The highest BCUT2D eigenvalue weighted by molar-refractivity contribution is 6.29. The van der Waals surface area contributed by atoms with Gasteiger partial charge in [0.25, 0.3) is 5.91 Å². The topological polar surface area (TPSA) is 45.2 Å². The highest BCUT2D eigenvalue weighted by atomic mass is 35.5. The van der Waals surface area contributed by atoms with E-state index in [9.17, 15) is 18.0 Å². The molecule has 2 heterocycles. The van der Waals surface area contributed by atoms with Gasteiger partial charge in [-0.3, -0.25) is 4.79 Å². The van der Waals surface area contributed by atoms with Crippen molar-refractivity contribution >= 4 is 28.9 Å². The van der Waals surface area contributed by atoms with E-state index in [1.165, 1.54) is 24.4 Å². The zero-order valence-electron chi connectivity index (χ0n) is 13.1. The number of alkyl halides is 3. The Balaban J connectivity index is 1.95. The third-order valence-corrected chi connectivity index (χ3v) is 4.21. The van der Waals surface area contributed by atoms with E-state index in [1.807, 2.05) is 4.90 Å². The van der Waals surface area contributed by atoms with Crippen LogP contribution in [0.15, 0.2) is 36.5 Å². The third kappa shape index (κ3) is 4.04. The van der Waals surface area contributed by atoms with Crippen molar-refractivity contribution in [3.63, 3.8) is 0 Å². The summed E-state index contributed by atoms with van der Waals surface area (Å²) in [5, 5.41) is 2.71. The van der Waals surface area contributed by atoms with Crippen LogP contribution >= 0.6 is 11.6 Å². The van der Waals surface area contributed by atoms with E-state index in [1.54, 1.807) is 0 Å². The summed E-state index contributed by atoms with van der Waals surface area (Å²) in [6.07, 6.45) is -1.18. The van der Waals surface area contributed by atoms with Crippen molar-refractivity contribution < 1.29 is 18.0 Å². The number of hydrogen-bond donors (Lipinski definition) is 1. The van der Waals surface area contributed by atoms with Gasteiger partial charge in [0.15, 0.2) is 0 Å². The summed E-state index contributed by atoms with van der Waals surface area (Å²) >= 11 is 5.76. The molecule has 0 aliphatic carbocycles. The predicted molar refractivity (Wildman–Crippen MR) is 90.1 cm³/mol. The SMILES string of the molecule is O=C(Nc1cc(C(F)(F)F)ccc1N1CCCC1)c1ccnc(Cl)c1. The summed E-state index contributed by atoms with van der Waals surface area (Å²) in [6.45, 7) is 1.49. The van der Waals surface area contributed by atoms with E-state index >= 15 is 0 Å². The Morgan fingerprint density at radius 3 is 2.52 bits per heavy atom. The monoisotopic (exact) mass is 369 g/mol. The van der Waals surface area contributed by atoms with Crippen LogP contribution in [0.1, 0.15) is 28.8 Å². The van der Waals surface area contributed by atoms with E-state index in [0.29, 0.717) is 5.69 Å². The summed E-state index contributed by atoms with van der Waals surface area (Å²) in [5.74, 6) is -0.538. The minimum atomic E-state index is -4.48. The Bertz CT molecular complexity index is 789. The van der Waals surface area contributed by atoms with E-state index in [-0.39, 0.29) is 16.4 Å². The first-order valence-electron chi connectivity index (χ1n) is 7.74. The molecule has 1 aromatic carbocycles. The molecule has 0 bridgehead atoms. The zero-order valence-corrected chi connectivity index (χ0v) is 13.9. The van der Waals surface area contributed by atoms with Crippen molar-refractivity contribution in [3.05, 3.63) is 52.8 Å². The largest absolute Gasteiger partial charge is 0.416 e. The quantitative estimate of drug-likeness (QED) is 0.804. The second-order valence-corrected chi connectivity index (χ2v) is 6.13. The molecule has 132 valence electrons. The van der Waals surface area contributed by atoms with Crippen molar-refractivity contribution in [2.75, 3.05) is 23.3 Å². The lowest BCUT2D eigenvalue weighted by Gasteiger charge is -2.23. The number of carbonyl (C=O) groups excluding carboxylic acids is 1. The van der Waals surface area contributed by atoms with E-state index < -0.39 is 17.6 Å². The molecule has 0 radical (unpaired) electrons. The Hall–Kier alpha value is -2.28. The van der Waals surface area contributed by atoms with Gasteiger partial charge in [-0.2, -0.15) is 13.2 Å². The number of carbonyl (C=O) groups is 1. The van der Waals surface area contributed by atoms with Crippen LogP contribution in [0.5, 0.6) is 0 Å². The number of nitrogens with one attached hydrogen (secondary N) is 1. The summed E-state index contributed by atoms with van der Waals surface area (Å²) in [7, 11) is 0. The molecule has 3 rings (SSSR count). The number of amides is 1. The second-order valence-electron chi connectivity index (χ2n) is 5.75. The summed E-state index contributed by atoms with van der Waals surface area (Å²) < 4.78 is 39.1. The van der Waals surface area contributed by atoms with Crippen LogP contribution in [-0.4, -0.2) is 24.0 Å². The van der Waals surface area contributed by atoms with Gasteiger partial charge >= 0.3 is 6.18 Å². The maximum Gasteiger partial charge on any atom is 0.416 e. The molecule has 1 aliphatic rings. The van der Waals surface area contributed by atoms with E-state index in [2.05, 4.69) is 10.3 Å². The molecule has 2 aromatic rings. The van der Waals surface area contributed by atoms with Gasteiger partial charge in [-0.05, 0) is 43.2 Å². The highest BCUT2D eigenvalue weighted by Gasteiger charge is 2.32. The summed E-state index contributed by atoms with van der Waals surface area (Å²) in [5.41, 5.74) is 0.136. The van der Waals surface area contributed by atoms with Crippen molar-refractivity contribution in [2.24, 2.45) is 0 Å². The van der Waals surface area contributed by atoms with Crippen LogP contribution in [0.3, 0.4) is 0 Å². The van der Waals surface area contributed by atoms with Gasteiger partial charge in [0.05, 0.1) is 16.9 Å². The Kier molecular flexibility index (Phi) is 4.85. The van der Waals surface area contributed by atoms with Gasteiger partial charge in [-0.25, -0.2) is 4.98 Å². The standard InChI is InChI=1S/C17H15ClF3N3O/c18-15-9-11(5-6-22-15)16(25)23-13-10-12(17(19,20)21)3-4-14(13)24-7-1-2-8-24/h3-6,9-10H,1-2,7-8H2,(H,23,25). The first kappa shape index (κ1) is 17.5. The van der Waals surface area contributed by atoms with Crippen LogP contribution in [0.4, 0.5) is 24.5 Å². The Morgan fingerprint density at radius 1 is 1.16 bits per heavy atom. The van der Waals surface area contributed by atoms with Gasteiger partial charge in [-0.1, -0.05) is 11.6 Å². The van der Waals surface area contributed by atoms with Gasteiger partial charge < -0.3 is 10.2 Å². The van der Waals surface area contributed by atoms with Gasteiger partial charge in [0.2, 0.25) is 0 Å². The number of aromatic nitrogens is 1. The van der Waals surface area contributed by atoms with Crippen molar-refractivity contribution in [1.29, 1.82) is 0 Å². The molecular formula is C17H15ClF3N3O. The van der Waals surface area contributed by atoms with Crippen LogP contribution in [0.2, 0.25) is 5.15 Å². The van der Waals surface area contributed by atoms with Crippen LogP contribution in [-0.2, 0) is 6.18 Å². The van der Waals surface area contributed by atoms with Crippen LogP contribution < -0.4 is 10.2 Å². The minimum absolute atomic E-state index is 0.134. The molecule has 1 aromatic heterocycles. The van der Waals surface area contributed by atoms with Crippen LogP contribution in [0, 0.1) is 0 Å². The van der Waals surface area contributed by atoms with Gasteiger partial charge in [0.1, 0.15) is 5.15 Å². The van der Waals surface area contributed by atoms with Gasteiger partial charge in [0, 0.05) is 24.8 Å². The van der Waals surface area contributed by atoms with Crippen molar-refractivity contribution in [1.82, 2.24) is 4.98 Å². The van der Waals surface area contributed by atoms with Gasteiger partial charge in [-0.15, -0.1) is 0 Å².